The third-order valence-electron chi connectivity index (χ3n) is 6.73. The highest BCUT2D eigenvalue weighted by Gasteiger charge is 2.23. The molecule has 0 aliphatic rings. The molecule has 0 bridgehead atoms. The van der Waals surface area contributed by atoms with Crippen LogP contribution in [0.25, 0.3) is 20.7 Å². The molecule has 2 aromatic heterocycles. The average molecular weight is 587 g/mol. The molecule has 5 aromatic rings. The molecule has 0 aliphatic carbocycles. The summed E-state index contributed by atoms with van der Waals surface area (Å²) in [7, 11) is 3.56. The fourth-order valence-corrected chi connectivity index (χ4v) is 6.06. The van der Waals surface area contributed by atoms with Crippen LogP contribution in [-0.2, 0) is 24.2 Å². The number of benzene rings is 3. The number of pyridine rings is 1. The zero-order valence-corrected chi connectivity index (χ0v) is 25.1. The van der Waals surface area contributed by atoms with E-state index in [0.29, 0.717) is 22.2 Å². The standard InChI is InChI=1S/C26H24FNO4S.C8H11N/c1-4-19-22-23(29)20(26(30)32-5-2)15-28(14-17-8-6-7-9-21(17)27)25(22)33-24(19)16-10-12-18(31-3)13-11-16;1-9-7-8-5-3-2-4-6-8/h6-13,15H,4-5,14H2,1-3H3;2-6,9H,7H2,1H3. The van der Waals surface area contributed by atoms with Crippen molar-refractivity contribution in [3.05, 3.63) is 123 Å². The Labute approximate surface area is 249 Å². The van der Waals surface area contributed by atoms with E-state index < -0.39 is 5.97 Å². The number of carbonyl (C=O) groups is 1. The number of fused-ring (bicyclic) bond motifs is 1. The Kier molecular flexibility index (Phi) is 10.6. The Balaban J connectivity index is 0.000000385. The highest BCUT2D eigenvalue weighted by Crippen LogP contribution is 2.38. The SMILES string of the molecule is CCOC(=O)c1cn(Cc2ccccc2F)c2sc(-c3ccc(OC)cc3)c(CC)c2c1=O.CNCc1ccccc1. The highest BCUT2D eigenvalue weighted by molar-refractivity contribution is 7.22. The van der Waals surface area contributed by atoms with Crippen molar-refractivity contribution in [2.45, 2.75) is 33.4 Å². The molecule has 8 heteroatoms. The van der Waals surface area contributed by atoms with Gasteiger partial charge in [0.1, 0.15) is 22.0 Å². The maximum atomic E-state index is 14.4. The van der Waals surface area contributed by atoms with Crippen LogP contribution in [0.3, 0.4) is 0 Å². The molecule has 0 aliphatic heterocycles. The van der Waals surface area contributed by atoms with Gasteiger partial charge in [-0.1, -0.05) is 55.5 Å². The molecule has 42 heavy (non-hydrogen) atoms. The number of aromatic nitrogens is 1. The van der Waals surface area contributed by atoms with Gasteiger partial charge in [0.05, 0.1) is 25.6 Å². The van der Waals surface area contributed by atoms with E-state index >= 15 is 0 Å². The van der Waals surface area contributed by atoms with Crippen LogP contribution in [0.4, 0.5) is 4.39 Å². The number of aryl methyl sites for hydroxylation is 1. The first-order valence-corrected chi connectivity index (χ1v) is 14.7. The van der Waals surface area contributed by atoms with E-state index in [1.807, 2.05) is 56.4 Å². The quantitative estimate of drug-likeness (QED) is 0.187. The van der Waals surface area contributed by atoms with E-state index in [4.69, 9.17) is 9.47 Å². The molecule has 6 nitrogen and oxygen atoms in total. The summed E-state index contributed by atoms with van der Waals surface area (Å²) < 4.78 is 26.6. The van der Waals surface area contributed by atoms with E-state index in [1.165, 1.54) is 29.2 Å². The minimum atomic E-state index is -0.675. The van der Waals surface area contributed by atoms with Crippen molar-refractivity contribution < 1.29 is 18.7 Å². The molecular formula is C34H35FN2O4S. The summed E-state index contributed by atoms with van der Waals surface area (Å²) in [6, 6.07) is 24.5. The molecule has 0 atom stereocenters. The molecule has 0 saturated carbocycles. The second-order valence-electron chi connectivity index (χ2n) is 9.50. The smallest absolute Gasteiger partial charge is 0.343 e. The first-order chi connectivity index (χ1) is 20.4. The Morgan fingerprint density at radius 1 is 0.976 bits per heavy atom. The molecule has 1 N–H and O–H groups in total. The number of nitrogens with zero attached hydrogens (tertiary/aromatic N) is 1. The van der Waals surface area contributed by atoms with Crippen molar-refractivity contribution in [3.8, 4) is 16.2 Å². The number of halogens is 1. The number of carbonyl (C=O) groups excluding carboxylic acids is 1. The van der Waals surface area contributed by atoms with Crippen LogP contribution in [0, 0.1) is 5.82 Å². The summed E-state index contributed by atoms with van der Waals surface area (Å²) in [6.45, 7) is 4.97. The van der Waals surface area contributed by atoms with Gasteiger partial charge in [-0.15, -0.1) is 11.3 Å². The highest BCUT2D eigenvalue weighted by atomic mass is 32.1. The van der Waals surface area contributed by atoms with Crippen molar-refractivity contribution in [2.24, 2.45) is 0 Å². The second-order valence-corrected chi connectivity index (χ2v) is 10.5. The van der Waals surface area contributed by atoms with E-state index in [2.05, 4.69) is 17.4 Å². The van der Waals surface area contributed by atoms with Crippen molar-refractivity contribution in [1.29, 1.82) is 0 Å². The topological polar surface area (TPSA) is 69.6 Å². The third-order valence-corrected chi connectivity index (χ3v) is 8.05. The number of ether oxygens (including phenoxy) is 2. The van der Waals surface area contributed by atoms with Gasteiger partial charge in [-0.25, -0.2) is 9.18 Å². The number of methoxy groups -OCH3 is 1. The molecule has 2 heterocycles. The minimum Gasteiger partial charge on any atom is -0.497 e. The molecule has 5 rings (SSSR count). The number of nitrogens with one attached hydrogen (secondary N) is 1. The van der Waals surface area contributed by atoms with Crippen molar-refractivity contribution in [1.82, 2.24) is 9.88 Å². The molecule has 0 fully saturated rings. The van der Waals surface area contributed by atoms with E-state index in [1.54, 1.807) is 36.8 Å². The molecule has 0 radical (unpaired) electrons. The molecule has 3 aromatic carbocycles. The maximum Gasteiger partial charge on any atom is 0.343 e. The van der Waals surface area contributed by atoms with Crippen molar-refractivity contribution in [3.63, 3.8) is 0 Å². The largest absolute Gasteiger partial charge is 0.497 e. The van der Waals surface area contributed by atoms with Crippen LogP contribution >= 0.6 is 11.3 Å². The Hall–Kier alpha value is -4.27. The number of esters is 1. The predicted octanol–water partition coefficient (Wildman–Crippen LogP) is 7.07. The van der Waals surface area contributed by atoms with Gasteiger partial charge in [-0.05, 0) is 67.4 Å². The van der Waals surface area contributed by atoms with Gasteiger partial charge in [0.15, 0.2) is 0 Å². The monoisotopic (exact) mass is 586 g/mol. The Morgan fingerprint density at radius 2 is 1.67 bits per heavy atom. The number of thiophene rings is 1. The first-order valence-electron chi connectivity index (χ1n) is 13.8. The van der Waals surface area contributed by atoms with Gasteiger partial charge < -0.3 is 19.4 Å². The Bertz CT molecular complexity index is 1700. The lowest BCUT2D eigenvalue weighted by atomic mass is 10.0. The van der Waals surface area contributed by atoms with Gasteiger partial charge in [0.2, 0.25) is 5.43 Å². The van der Waals surface area contributed by atoms with Crippen molar-refractivity contribution >= 4 is 27.5 Å². The summed E-state index contributed by atoms with van der Waals surface area (Å²) in [5.41, 5.74) is 3.20. The first kappa shape index (κ1) is 30.7. The maximum absolute atomic E-state index is 14.4. The van der Waals surface area contributed by atoms with E-state index in [-0.39, 0.29) is 30.0 Å². The van der Waals surface area contributed by atoms with E-state index in [0.717, 1.165) is 28.3 Å². The van der Waals surface area contributed by atoms with Crippen LogP contribution in [0.5, 0.6) is 5.75 Å². The summed E-state index contributed by atoms with van der Waals surface area (Å²) in [5, 5.41) is 3.57. The van der Waals surface area contributed by atoms with Gasteiger partial charge in [-0.2, -0.15) is 0 Å². The summed E-state index contributed by atoms with van der Waals surface area (Å²) in [6.07, 6.45) is 2.09. The van der Waals surface area contributed by atoms with Gasteiger partial charge >= 0.3 is 5.97 Å². The fourth-order valence-electron chi connectivity index (χ4n) is 4.69. The lowest BCUT2D eigenvalue weighted by molar-refractivity contribution is 0.0524. The minimum absolute atomic E-state index is 0.0468. The normalized spacial score (nSPS) is 10.7. The lowest BCUT2D eigenvalue weighted by Gasteiger charge is -2.12. The molecule has 0 saturated heterocycles. The molecule has 0 spiro atoms. The number of hydrogen-bond donors (Lipinski definition) is 1. The van der Waals surface area contributed by atoms with Crippen LogP contribution in [0.2, 0.25) is 0 Å². The number of rotatable bonds is 9. The van der Waals surface area contributed by atoms with E-state index in [9.17, 15) is 14.0 Å². The lowest BCUT2D eigenvalue weighted by Crippen LogP contribution is -2.21. The molecule has 218 valence electrons. The fraction of sp³-hybridized carbons (Fsp3) is 0.235. The number of hydrogen-bond acceptors (Lipinski definition) is 6. The van der Waals surface area contributed by atoms with Crippen LogP contribution < -0.4 is 15.5 Å². The second kappa shape index (κ2) is 14.6. The summed E-state index contributed by atoms with van der Waals surface area (Å²) in [5.74, 6) is -0.280. The predicted molar refractivity (Wildman–Crippen MR) is 168 cm³/mol. The van der Waals surface area contributed by atoms with Crippen LogP contribution in [-0.4, -0.2) is 31.3 Å². The third kappa shape index (κ3) is 6.95. The molecule has 0 amide bonds. The Morgan fingerprint density at radius 3 is 2.29 bits per heavy atom. The average Bonchev–Trinajstić information content (AvgIpc) is 3.41. The molecular weight excluding hydrogens is 551 g/mol. The molecule has 0 unspecified atom stereocenters. The zero-order chi connectivity index (χ0) is 30.1. The summed E-state index contributed by atoms with van der Waals surface area (Å²) >= 11 is 1.46. The zero-order valence-electron chi connectivity index (χ0n) is 24.3. The van der Waals surface area contributed by atoms with Gasteiger partial charge in [-0.3, -0.25) is 4.79 Å². The van der Waals surface area contributed by atoms with Gasteiger partial charge in [0, 0.05) is 23.2 Å². The van der Waals surface area contributed by atoms with Gasteiger partial charge in [0.25, 0.3) is 0 Å². The van der Waals surface area contributed by atoms with Crippen LogP contribution in [0.1, 0.15) is 40.9 Å². The van der Waals surface area contributed by atoms with Crippen molar-refractivity contribution in [2.75, 3.05) is 20.8 Å². The van der Waals surface area contributed by atoms with Crippen LogP contribution in [0.15, 0.2) is 89.9 Å². The summed E-state index contributed by atoms with van der Waals surface area (Å²) in [4.78, 5) is 27.7.